The first-order chi connectivity index (χ1) is 9.22. The topological polar surface area (TPSA) is 50.3 Å². The summed E-state index contributed by atoms with van der Waals surface area (Å²) in [5, 5.41) is 3.36. The van der Waals surface area contributed by atoms with E-state index in [4.69, 9.17) is 4.74 Å². The molecule has 1 aromatic rings. The lowest BCUT2D eigenvalue weighted by atomic mass is 10.3. The molecule has 0 atom stereocenters. The molecule has 1 rings (SSSR count). The van der Waals surface area contributed by atoms with Crippen LogP contribution in [-0.2, 0) is 0 Å². The number of nitrogens with zero attached hydrogens (tertiary/aromatic N) is 3. The number of hydrogen-bond donors (Lipinski definition) is 1. The predicted molar refractivity (Wildman–Crippen MR) is 78.8 cm³/mol. The molecule has 0 unspecified atom stereocenters. The lowest BCUT2D eigenvalue weighted by molar-refractivity contribution is 0.303. The maximum Gasteiger partial charge on any atom is 0.221 e. The first kappa shape index (κ1) is 15.7. The molecule has 0 aliphatic rings. The number of ether oxygens (including phenoxy) is 1. The van der Waals surface area contributed by atoms with Crippen molar-refractivity contribution in [3.8, 4) is 5.88 Å². The van der Waals surface area contributed by atoms with Gasteiger partial charge in [0.05, 0.1) is 12.2 Å². The monoisotopic (exact) mass is 266 g/mol. The van der Waals surface area contributed by atoms with Crippen LogP contribution in [0.5, 0.6) is 5.88 Å². The minimum absolute atomic E-state index is 0.624. The molecule has 0 fully saturated rings. The van der Waals surface area contributed by atoms with Crippen LogP contribution in [0.25, 0.3) is 0 Å². The summed E-state index contributed by atoms with van der Waals surface area (Å²) >= 11 is 0. The van der Waals surface area contributed by atoms with Crippen molar-refractivity contribution in [2.24, 2.45) is 0 Å². The van der Waals surface area contributed by atoms with Gasteiger partial charge in [0.25, 0.3) is 0 Å². The summed E-state index contributed by atoms with van der Waals surface area (Å²) in [6.45, 7) is 13.2. The first-order valence-electron chi connectivity index (χ1n) is 7.13. The molecule has 1 heterocycles. The van der Waals surface area contributed by atoms with E-state index < -0.39 is 0 Å². The molecule has 0 amide bonds. The van der Waals surface area contributed by atoms with E-state index >= 15 is 0 Å². The molecule has 5 heteroatoms. The molecule has 5 nitrogen and oxygen atoms in total. The SMILES string of the molecule is CCOc1ncnc(NCCCN(CC)CC)c1C. The van der Waals surface area contributed by atoms with E-state index in [0.717, 1.165) is 44.0 Å². The van der Waals surface area contributed by atoms with Crippen LogP contribution in [0.2, 0.25) is 0 Å². The number of anilines is 1. The van der Waals surface area contributed by atoms with Gasteiger partial charge in [0.15, 0.2) is 0 Å². The first-order valence-corrected chi connectivity index (χ1v) is 7.13. The summed E-state index contributed by atoms with van der Waals surface area (Å²) < 4.78 is 5.46. The number of hydrogen-bond acceptors (Lipinski definition) is 5. The molecule has 19 heavy (non-hydrogen) atoms. The number of nitrogens with one attached hydrogen (secondary N) is 1. The molecule has 0 bridgehead atoms. The molecule has 0 saturated carbocycles. The van der Waals surface area contributed by atoms with E-state index in [-0.39, 0.29) is 0 Å². The fourth-order valence-corrected chi connectivity index (χ4v) is 1.94. The van der Waals surface area contributed by atoms with Gasteiger partial charge in [-0.15, -0.1) is 0 Å². The summed E-state index contributed by atoms with van der Waals surface area (Å²) in [6.07, 6.45) is 2.65. The average molecular weight is 266 g/mol. The molecular formula is C14H26N4O. The Morgan fingerprint density at radius 1 is 1.21 bits per heavy atom. The normalized spacial score (nSPS) is 10.8. The van der Waals surface area contributed by atoms with Gasteiger partial charge in [-0.1, -0.05) is 13.8 Å². The van der Waals surface area contributed by atoms with Gasteiger partial charge in [0, 0.05) is 6.54 Å². The number of aromatic nitrogens is 2. The highest BCUT2D eigenvalue weighted by molar-refractivity contribution is 5.47. The van der Waals surface area contributed by atoms with Crippen LogP contribution >= 0.6 is 0 Å². The lowest BCUT2D eigenvalue weighted by Gasteiger charge is -2.18. The van der Waals surface area contributed by atoms with E-state index in [1.165, 1.54) is 0 Å². The Morgan fingerprint density at radius 2 is 1.95 bits per heavy atom. The highest BCUT2D eigenvalue weighted by Gasteiger charge is 2.07. The molecule has 0 aliphatic carbocycles. The molecular weight excluding hydrogens is 240 g/mol. The maximum atomic E-state index is 5.46. The smallest absolute Gasteiger partial charge is 0.221 e. The standard InChI is InChI=1S/C14H26N4O/c1-5-18(6-2)10-8-9-15-13-12(4)14(19-7-3)17-11-16-13/h11H,5-10H2,1-4H3,(H,15,16,17). The molecule has 108 valence electrons. The fourth-order valence-electron chi connectivity index (χ4n) is 1.94. The second-order valence-electron chi connectivity index (χ2n) is 4.39. The summed E-state index contributed by atoms with van der Waals surface area (Å²) in [4.78, 5) is 10.8. The highest BCUT2D eigenvalue weighted by atomic mass is 16.5. The predicted octanol–water partition coefficient (Wildman–Crippen LogP) is 2.33. The number of rotatable bonds is 9. The minimum atomic E-state index is 0.624. The largest absolute Gasteiger partial charge is 0.478 e. The third-order valence-corrected chi connectivity index (χ3v) is 3.16. The maximum absolute atomic E-state index is 5.46. The quantitative estimate of drug-likeness (QED) is 0.695. The molecule has 1 N–H and O–H groups in total. The highest BCUT2D eigenvalue weighted by Crippen LogP contribution is 2.19. The Kier molecular flexibility index (Phi) is 7.18. The van der Waals surface area contributed by atoms with Gasteiger partial charge in [0.1, 0.15) is 12.1 Å². The zero-order valence-corrected chi connectivity index (χ0v) is 12.6. The van der Waals surface area contributed by atoms with Crippen LogP contribution in [0.3, 0.4) is 0 Å². The van der Waals surface area contributed by atoms with Gasteiger partial charge in [0.2, 0.25) is 5.88 Å². The van der Waals surface area contributed by atoms with Crippen molar-refractivity contribution in [1.29, 1.82) is 0 Å². The molecule has 0 radical (unpaired) electrons. The summed E-state index contributed by atoms with van der Waals surface area (Å²) in [6, 6.07) is 0. The molecule has 1 aromatic heterocycles. The van der Waals surface area contributed by atoms with E-state index in [0.29, 0.717) is 12.5 Å². The van der Waals surface area contributed by atoms with Crippen LogP contribution in [0.4, 0.5) is 5.82 Å². The Hall–Kier alpha value is -1.36. The van der Waals surface area contributed by atoms with Gasteiger partial charge >= 0.3 is 0 Å². The minimum Gasteiger partial charge on any atom is -0.478 e. The van der Waals surface area contributed by atoms with Gasteiger partial charge in [-0.2, -0.15) is 0 Å². The third-order valence-electron chi connectivity index (χ3n) is 3.16. The van der Waals surface area contributed by atoms with Crippen LogP contribution in [0.15, 0.2) is 6.33 Å². The van der Waals surface area contributed by atoms with Gasteiger partial charge in [-0.05, 0) is 39.9 Å². The van der Waals surface area contributed by atoms with E-state index in [9.17, 15) is 0 Å². The lowest BCUT2D eigenvalue weighted by Crippen LogP contribution is -2.25. The Labute approximate surface area is 116 Å². The Bertz CT molecular complexity index is 366. The van der Waals surface area contributed by atoms with Crippen molar-refractivity contribution in [1.82, 2.24) is 14.9 Å². The van der Waals surface area contributed by atoms with Crippen LogP contribution in [0.1, 0.15) is 32.8 Å². The van der Waals surface area contributed by atoms with Crippen LogP contribution in [-0.4, -0.2) is 47.7 Å². The summed E-state index contributed by atoms with van der Waals surface area (Å²) in [5.41, 5.74) is 0.979. The summed E-state index contributed by atoms with van der Waals surface area (Å²) in [5.74, 6) is 1.54. The zero-order valence-electron chi connectivity index (χ0n) is 12.6. The zero-order chi connectivity index (χ0) is 14.1. The van der Waals surface area contributed by atoms with Crippen molar-refractivity contribution >= 4 is 5.82 Å². The average Bonchev–Trinajstić information content (AvgIpc) is 2.43. The second kappa shape index (κ2) is 8.69. The van der Waals surface area contributed by atoms with Crippen molar-refractivity contribution < 1.29 is 4.74 Å². The Balaban J connectivity index is 2.43. The van der Waals surface area contributed by atoms with Crippen LogP contribution in [0, 0.1) is 6.92 Å². The fraction of sp³-hybridized carbons (Fsp3) is 0.714. The molecule has 0 aromatic carbocycles. The van der Waals surface area contributed by atoms with Gasteiger partial charge in [-0.3, -0.25) is 0 Å². The van der Waals surface area contributed by atoms with Crippen LogP contribution < -0.4 is 10.1 Å². The molecule has 0 spiro atoms. The third kappa shape index (κ3) is 5.03. The van der Waals surface area contributed by atoms with Crippen molar-refractivity contribution in [2.75, 3.05) is 38.1 Å². The van der Waals surface area contributed by atoms with Gasteiger partial charge < -0.3 is 15.0 Å². The van der Waals surface area contributed by atoms with E-state index in [1.807, 2.05) is 13.8 Å². The molecule has 0 saturated heterocycles. The molecule has 0 aliphatic heterocycles. The second-order valence-corrected chi connectivity index (χ2v) is 4.39. The van der Waals surface area contributed by atoms with Crippen molar-refractivity contribution in [3.05, 3.63) is 11.9 Å². The van der Waals surface area contributed by atoms with Crippen molar-refractivity contribution in [2.45, 2.75) is 34.1 Å². The van der Waals surface area contributed by atoms with E-state index in [1.54, 1.807) is 6.33 Å². The van der Waals surface area contributed by atoms with Crippen molar-refractivity contribution in [3.63, 3.8) is 0 Å². The van der Waals surface area contributed by atoms with Gasteiger partial charge in [-0.25, -0.2) is 9.97 Å². The Morgan fingerprint density at radius 3 is 2.58 bits per heavy atom. The summed E-state index contributed by atoms with van der Waals surface area (Å²) in [7, 11) is 0. The van der Waals surface area contributed by atoms with E-state index in [2.05, 4.69) is 34.0 Å².